The second-order valence-electron chi connectivity index (χ2n) is 2.94. The van der Waals surface area contributed by atoms with Gasteiger partial charge in [-0.05, 0) is 20.0 Å². The van der Waals surface area contributed by atoms with Crippen LogP contribution in [0.4, 0.5) is 8.78 Å². The molecule has 1 aromatic rings. The number of benzene rings is 1. The van der Waals surface area contributed by atoms with E-state index < -0.39 is 11.6 Å². The molecule has 0 radical (unpaired) electrons. The van der Waals surface area contributed by atoms with Crippen molar-refractivity contribution < 1.29 is 13.5 Å². The maximum absolute atomic E-state index is 13.4. The fourth-order valence-corrected chi connectivity index (χ4v) is 1.46. The molecular formula is C10H12ClF2NO. The predicted molar refractivity (Wildman–Crippen MR) is 55.3 cm³/mol. The van der Waals surface area contributed by atoms with Crippen molar-refractivity contribution in [3.05, 3.63) is 28.3 Å². The molecule has 1 aromatic carbocycles. The van der Waals surface area contributed by atoms with Gasteiger partial charge >= 0.3 is 0 Å². The molecule has 84 valence electrons. The van der Waals surface area contributed by atoms with Crippen molar-refractivity contribution >= 4 is 11.6 Å². The van der Waals surface area contributed by atoms with Gasteiger partial charge in [-0.15, -0.1) is 0 Å². The van der Waals surface area contributed by atoms with Crippen LogP contribution in [-0.4, -0.2) is 13.7 Å². The minimum Gasteiger partial charge on any atom is -0.490 e. The highest BCUT2D eigenvalue weighted by atomic mass is 35.5. The second-order valence-corrected chi connectivity index (χ2v) is 3.35. The Hall–Kier alpha value is -0.870. The molecule has 0 bridgehead atoms. The molecule has 0 heterocycles. The third kappa shape index (κ3) is 2.58. The zero-order chi connectivity index (χ0) is 11.4. The SMILES string of the molecule is CCOc1c(CNC)cc(Cl)c(F)c1F. The zero-order valence-corrected chi connectivity index (χ0v) is 9.29. The number of halogens is 3. The van der Waals surface area contributed by atoms with Crippen molar-refractivity contribution in [3.8, 4) is 5.75 Å². The van der Waals surface area contributed by atoms with Gasteiger partial charge < -0.3 is 10.1 Å². The number of hydrogen-bond acceptors (Lipinski definition) is 2. The van der Waals surface area contributed by atoms with Crippen molar-refractivity contribution in [2.24, 2.45) is 0 Å². The summed E-state index contributed by atoms with van der Waals surface area (Å²) in [5, 5.41) is 2.59. The minimum absolute atomic E-state index is 0.0752. The lowest BCUT2D eigenvalue weighted by Crippen LogP contribution is -2.10. The summed E-state index contributed by atoms with van der Waals surface area (Å²) in [6.07, 6.45) is 0. The number of hydrogen-bond donors (Lipinski definition) is 1. The molecule has 0 fully saturated rings. The Morgan fingerprint density at radius 2 is 2.07 bits per heavy atom. The molecule has 2 nitrogen and oxygen atoms in total. The third-order valence-electron chi connectivity index (χ3n) is 1.85. The van der Waals surface area contributed by atoms with Crippen molar-refractivity contribution in [3.63, 3.8) is 0 Å². The van der Waals surface area contributed by atoms with E-state index in [1.165, 1.54) is 6.07 Å². The maximum atomic E-state index is 13.4. The lowest BCUT2D eigenvalue weighted by atomic mass is 10.2. The molecular weight excluding hydrogens is 224 g/mol. The standard InChI is InChI=1S/C10H12ClF2NO/c1-3-15-10-6(5-14-2)4-7(11)8(12)9(10)13/h4,14H,3,5H2,1-2H3. The number of rotatable bonds is 4. The smallest absolute Gasteiger partial charge is 0.202 e. The van der Waals surface area contributed by atoms with Crippen LogP contribution in [0.25, 0.3) is 0 Å². The van der Waals surface area contributed by atoms with E-state index in [-0.39, 0.29) is 17.4 Å². The van der Waals surface area contributed by atoms with E-state index in [4.69, 9.17) is 16.3 Å². The Labute approximate surface area is 92.2 Å². The first-order valence-corrected chi connectivity index (χ1v) is 4.93. The Bertz CT molecular complexity index is 358. The molecule has 0 unspecified atom stereocenters. The van der Waals surface area contributed by atoms with E-state index in [2.05, 4.69) is 5.32 Å². The van der Waals surface area contributed by atoms with Gasteiger partial charge in [-0.3, -0.25) is 0 Å². The Morgan fingerprint density at radius 1 is 1.40 bits per heavy atom. The van der Waals surface area contributed by atoms with Crippen LogP contribution in [0.3, 0.4) is 0 Å². The van der Waals surface area contributed by atoms with Crippen LogP contribution in [0.2, 0.25) is 5.02 Å². The Kier molecular flexibility index (Phi) is 4.29. The average molecular weight is 236 g/mol. The van der Waals surface area contributed by atoms with Crippen molar-refractivity contribution in [2.75, 3.05) is 13.7 Å². The molecule has 1 rings (SSSR count). The Balaban J connectivity index is 3.23. The molecule has 0 aliphatic carbocycles. The topological polar surface area (TPSA) is 21.3 Å². The van der Waals surface area contributed by atoms with E-state index in [0.717, 1.165) is 0 Å². The fraction of sp³-hybridized carbons (Fsp3) is 0.400. The Morgan fingerprint density at radius 3 is 2.60 bits per heavy atom. The van der Waals surface area contributed by atoms with Gasteiger partial charge in [-0.1, -0.05) is 11.6 Å². The second kappa shape index (κ2) is 5.28. The summed E-state index contributed by atoms with van der Waals surface area (Å²) in [5.74, 6) is -2.18. The lowest BCUT2D eigenvalue weighted by molar-refractivity contribution is 0.309. The maximum Gasteiger partial charge on any atom is 0.202 e. The summed E-state index contributed by atoms with van der Waals surface area (Å²) in [5.41, 5.74) is 0.503. The molecule has 0 aliphatic rings. The molecule has 5 heteroatoms. The predicted octanol–water partition coefficient (Wildman–Crippen LogP) is 2.74. The van der Waals surface area contributed by atoms with Crippen LogP contribution in [0.5, 0.6) is 5.75 Å². The first-order chi connectivity index (χ1) is 7.11. The van der Waals surface area contributed by atoms with Crippen LogP contribution >= 0.6 is 11.6 Å². The van der Waals surface area contributed by atoms with Crippen molar-refractivity contribution in [2.45, 2.75) is 13.5 Å². The number of nitrogens with one attached hydrogen (secondary N) is 1. The summed E-state index contributed by atoms with van der Waals surface area (Å²) in [6.45, 7) is 2.34. The molecule has 0 spiro atoms. The van der Waals surface area contributed by atoms with E-state index >= 15 is 0 Å². The molecule has 0 saturated carbocycles. The molecule has 0 aliphatic heterocycles. The normalized spacial score (nSPS) is 10.5. The van der Waals surface area contributed by atoms with Gasteiger partial charge in [0.25, 0.3) is 0 Å². The zero-order valence-electron chi connectivity index (χ0n) is 8.53. The fourth-order valence-electron chi connectivity index (χ4n) is 1.25. The minimum atomic E-state index is -1.07. The summed E-state index contributed by atoms with van der Waals surface area (Å²) in [6, 6.07) is 1.36. The van der Waals surface area contributed by atoms with Gasteiger partial charge in [-0.2, -0.15) is 4.39 Å². The average Bonchev–Trinajstić information content (AvgIpc) is 2.21. The van der Waals surface area contributed by atoms with E-state index in [0.29, 0.717) is 12.1 Å². The van der Waals surface area contributed by atoms with E-state index in [1.807, 2.05) is 0 Å². The lowest BCUT2D eigenvalue weighted by Gasteiger charge is -2.12. The van der Waals surface area contributed by atoms with E-state index in [9.17, 15) is 8.78 Å². The first kappa shape index (κ1) is 12.2. The first-order valence-electron chi connectivity index (χ1n) is 4.55. The molecule has 1 N–H and O–H groups in total. The molecule has 0 aromatic heterocycles. The van der Waals surface area contributed by atoms with Crippen LogP contribution in [-0.2, 0) is 6.54 Å². The number of ether oxygens (including phenoxy) is 1. The van der Waals surface area contributed by atoms with Gasteiger partial charge in [0.15, 0.2) is 11.6 Å². The van der Waals surface area contributed by atoms with Crippen molar-refractivity contribution in [1.82, 2.24) is 5.32 Å². The van der Waals surface area contributed by atoms with Gasteiger partial charge in [0.1, 0.15) is 0 Å². The summed E-state index contributed by atoms with van der Waals surface area (Å²) in [4.78, 5) is 0. The molecule has 15 heavy (non-hydrogen) atoms. The van der Waals surface area contributed by atoms with Gasteiger partial charge in [0.05, 0.1) is 11.6 Å². The summed E-state index contributed by atoms with van der Waals surface area (Å²) < 4.78 is 31.6. The highest BCUT2D eigenvalue weighted by Crippen LogP contribution is 2.30. The third-order valence-corrected chi connectivity index (χ3v) is 2.13. The summed E-state index contributed by atoms with van der Waals surface area (Å²) in [7, 11) is 1.70. The molecule has 0 atom stereocenters. The largest absolute Gasteiger partial charge is 0.490 e. The van der Waals surface area contributed by atoms with E-state index in [1.54, 1.807) is 14.0 Å². The molecule has 0 saturated heterocycles. The van der Waals surface area contributed by atoms with Gasteiger partial charge in [0.2, 0.25) is 5.82 Å². The monoisotopic (exact) mass is 235 g/mol. The quantitative estimate of drug-likeness (QED) is 0.811. The van der Waals surface area contributed by atoms with Gasteiger partial charge in [-0.25, -0.2) is 4.39 Å². The van der Waals surface area contributed by atoms with Crippen molar-refractivity contribution in [1.29, 1.82) is 0 Å². The van der Waals surface area contributed by atoms with Crippen LogP contribution in [0, 0.1) is 11.6 Å². The highest BCUT2D eigenvalue weighted by Gasteiger charge is 2.18. The van der Waals surface area contributed by atoms with Gasteiger partial charge in [0, 0.05) is 12.1 Å². The van der Waals surface area contributed by atoms with Crippen LogP contribution in [0.1, 0.15) is 12.5 Å². The highest BCUT2D eigenvalue weighted by molar-refractivity contribution is 6.30. The van der Waals surface area contributed by atoms with Crippen LogP contribution < -0.4 is 10.1 Å². The molecule has 0 amide bonds. The van der Waals surface area contributed by atoms with Crippen LogP contribution in [0.15, 0.2) is 6.07 Å². The summed E-state index contributed by atoms with van der Waals surface area (Å²) >= 11 is 5.53.